The third-order valence-electron chi connectivity index (χ3n) is 2.70. The number of methoxy groups -OCH3 is 1. The summed E-state index contributed by atoms with van der Waals surface area (Å²) in [6.45, 7) is 0. The maximum absolute atomic E-state index is 12.7. The normalized spacial score (nSPS) is 13.1. The Balaban J connectivity index is 3.59. The molecule has 0 amide bonds. The zero-order valence-corrected chi connectivity index (χ0v) is 10.3. The lowest BCUT2D eigenvalue weighted by molar-refractivity contribution is -0.376. The molecule has 0 aromatic heterocycles. The van der Waals surface area contributed by atoms with Crippen LogP contribution in [0.4, 0.5) is 32.0 Å². The average Bonchev–Trinajstić information content (AvgIpc) is 2.34. The Hall–Kier alpha value is -1.97. The number of aliphatic hydroxyl groups is 1. The molecule has 0 unspecified atom stereocenters. The van der Waals surface area contributed by atoms with Gasteiger partial charge in [-0.15, -0.1) is 0 Å². The first-order valence-corrected chi connectivity index (χ1v) is 5.20. The molecule has 0 spiro atoms. The predicted octanol–water partition coefficient (Wildman–Crippen LogP) is 2.37. The fourth-order valence-electron chi connectivity index (χ4n) is 1.56. The van der Waals surface area contributed by atoms with E-state index in [-0.39, 0.29) is 6.07 Å². The quantitative estimate of drug-likeness (QED) is 0.499. The molecule has 21 heavy (non-hydrogen) atoms. The van der Waals surface area contributed by atoms with Crippen LogP contribution in [-0.4, -0.2) is 30.5 Å². The molecule has 1 aromatic rings. The molecule has 0 saturated heterocycles. The molecule has 3 N–H and O–H groups in total. The molecule has 10 heteroatoms. The maximum Gasteiger partial charge on any atom is 0.430 e. The number of esters is 1. The Morgan fingerprint density at radius 2 is 1.62 bits per heavy atom. The van der Waals surface area contributed by atoms with Gasteiger partial charge >= 0.3 is 18.3 Å². The van der Waals surface area contributed by atoms with E-state index in [2.05, 4.69) is 4.74 Å². The van der Waals surface area contributed by atoms with Crippen molar-refractivity contribution in [2.75, 3.05) is 12.8 Å². The molecule has 0 heterocycles. The topological polar surface area (TPSA) is 72.5 Å². The fourth-order valence-corrected chi connectivity index (χ4v) is 1.56. The van der Waals surface area contributed by atoms with E-state index in [1.165, 1.54) is 0 Å². The highest BCUT2D eigenvalue weighted by Crippen LogP contribution is 2.50. The average molecular weight is 317 g/mol. The molecule has 0 aliphatic rings. The molecular weight excluding hydrogens is 308 g/mol. The number of anilines is 1. The summed E-state index contributed by atoms with van der Waals surface area (Å²) in [6.07, 6.45) is -12.1. The standard InChI is InChI=1S/C11H9F6NO3/c1-21-8(19)6-4-5(2-3-7(6)18)9(20,10(12,13)14)11(15,16)17/h2-4,20H,18H2,1H3. The van der Waals surface area contributed by atoms with Crippen LogP contribution in [0.3, 0.4) is 0 Å². The lowest BCUT2D eigenvalue weighted by Gasteiger charge is -2.32. The number of nitrogen functional groups attached to an aromatic ring is 1. The van der Waals surface area contributed by atoms with E-state index in [9.17, 15) is 36.2 Å². The Morgan fingerprint density at radius 3 is 2.00 bits per heavy atom. The zero-order chi connectivity index (χ0) is 16.6. The van der Waals surface area contributed by atoms with Crippen LogP contribution in [-0.2, 0) is 10.3 Å². The third kappa shape index (κ3) is 2.75. The molecule has 0 saturated carbocycles. The van der Waals surface area contributed by atoms with Gasteiger partial charge in [-0.3, -0.25) is 0 Å². The Kier molecular flexibility index (Phi) is 4.15. The van der Waals surface area contributed by atoms with Gasteiger partial charge in [-0.2, -0.15) is 26.3 Å². The molecule has 0 aliphatic carbocycles. The molecule has 0 atom stereocenters. The van der Waals surface area contributed by atoms with Crippen molar-refractivity contribution >= 4 is 11.7 Å². The zero-order valence-electron chi connectivity index (χ0n) is 10.3. The minimum absolute atomic E-state index is 0.197. The summed E-state index contributed by atoms with van der Waals surface area (Å²) >= 11 is 0. The number of hydrogen-bond donors (Lipinski definition) is 2. The SMILES string of the molecule is COC(=O)c1cc(C(O)(C(F)(F)F)C(F)(F)F)ccc1N. The number of carbonyl (C=O) groups excluding carboxylic acids is 1. The molecular formula is C11H9F6NO3. The van der Waals surface area contributed by atoms with Crippen LogP contribution >= 0.6 is 0 Å². The van der Waals surface area contributed by atoms with Gasteiger partial charge in [-0.05, 0) is 12.1 Å². The first-order valence-electron chi connectivity index (χ1n) is 5.20. The summed E-state index contributed by atoms with van der Waals surface area (Å²) in [5.41, 5.74) is -2.54. The van der Waals surface area contributed by atoms with Gasteiger partial charge in [0, 0.05) is 11.3 Å². The first-order chi connectivity index (χ1) is 9.36. The van der Waals surface area contributed by atoms with Gasteiger partial charge in [-0.25, -0.2) is 4.79 Å². The minimum Gasteiger partial charge on any atom is -0.465 e. The third-order valence-corrected chi connectivity index (χ3v) is 2.70. The molecule has 1 aromatic carbocycles. The van der Waals surface area contributed by atoms with Crippen LogP contribution < -0.4 is 5.73 Å². The second-order valence-electron chi connectivity index (χ2n) is 4.00. The van der Waals surface area contributed by atoms with Gasteiger partial charge in [0.15, 0.2) is 0 Å². The van der Waals surface area contributed by atoms with E-state index in [0.717, 1.165) is 7.11 Å². The molecule has 1 rings (SSSR count). The lowest BCUT2D eigenvalue weighted by atomic mass is 9.90. The van der Waals surface area contributed by atoms with E-state index in [1.54, 1.807) is 0 Å². The van der Waals surface area contributed by atoms with E-state index < -0.39 is 40.7 Å². The number of nitrogens with two attached hydrogens (primary N) is 1. The van der Waals surface area contributed by atoms with Crippen molar-refractivity contribution in [1.82, 2.24) is 0 Å². The van der Waals surface area contributed by atoms with E-state index in [0.29, 0.717) is 12.1 Å². The van der Waals surface area contributed by atoms with Crippen molar-refractivity contribution in [3.8, 4) is 0 Å². The van der Waals surface area contributed by atoms with Gasteiger partial charge < -0.3 is 15.6 Å². The highest BCUT2D eigenvalue weighted by Gasteiger charge is 2.71. The van der Waals surface area contributed by atoms with Crippen molar-refractivity contribution in [3.05, 3.63) is 29.3 Å². The van der Waals surface area contributed by atoms with Gasteiger partial charge in [0.2, 0.25) is 0 Å². The van der Waals surface area contributed by atoms with Crippen LogP contribution in [0.1, 0.15) is 15.9 Å². The second-order valence-corrected chi connectivity index (χ2v) is 4.00. The monoisotopic (exact) mass is 317 g/mol. The molecule has 0 bridgehead atoms. The van der Waals surface area contributed by atoms with Crippen molar-refractivity contribution in [1.29, 1.82) is 0 Å². The van der Waals surface area contributed by atoms with Crippen LogP contribution in [0.15, 0.2) is 18.2 Å². The van der Waals surface area contributed by atoms with Gasteiger partial charge in [0.1, 0.15) is 0 Å². The van der Waals surface area contributed by atoms with Crippen LogP contribution in [0.25, 0.3) is 0 Å². The summed E-state index contributed by atoms with van der Waals surface area (Å²) in [5.74, 6) is -1.24. The number of benzene rings is 1. The molecule has 0 fully saturated rings. The number of hydrogen-bond acceptors (Lipinski definition) is 4. The fraction of sp³-hybridized carbons (Fsp3) is 0.364. The van der Waals surface area contributed by atoms with Crippen molar-refractivity contribution < 1.29 is 41.0 Å². The number of carbonyl (C=O) groups is 1. The van der Waals surface area contributed by atoms with E-state index in [4.69, 9.17) is 5.73 Å². The highest BCUT2D eigenvalue weighted by molar-refractivity contribution is 5.95. The number of ether oxygens (including phenoxy) is 1. The number of halogens is 6. The summed E-state index contributed by atoms with van der Waals surface area (Å²) < 4.78 is 80.3. The predicted molar refractivity (Wildman–Crippen MR) is 58.2 cm³/mol. The van der Waals surface area contributed by atoms with Crippen LogP contribution in [0.5, 0.6) is 0 Å². The Bertz CT molecular complexity index is 538. The first kappa shape index (κ1) is 17.1. The van der Waals surface area contributed by atoms with Gasteiger partial charge in [0.05, 0.1) is 12.7 Å². The highest BCUT2D eigenvalue weighted by atomic mass is 19.4. The van der Waals surface area contributed by atoms with Crippen molar-refractivity contribution in [2.24, 2.45) is 0 Å². The van der Waals surface area contributed by atoms with E-state index >= 15 is 0 Å². The van der Waals surface area contributed by atoms with Gasteiger partial charge in [0.25, 0.3) is 5.60 Å². The second kappa shape index (κ2) is 5.10. The van der Waals surface area contributed by atoms with E-state index in [1.807, 2.05) is 0 Å². The van der Waals surface area contributed by atoms with Crippen LogP contribution in [0.2, 0.25) is 0 Å². The molecule has 118 valence electrons. The molecule has 0 radical (unpaired) electrons. The lowest BCUT2D eigenvalue weighted by Crippen LogP contribution is -2.54. The van der Waals surface area contributed by atoms with Crippen LogP contribution in [0, 0.1) is 0 Å². The smallest absolute Gasteiger partial charge is 0.430 e. The summed E-state index contributed by atoms with van der Waals surface area (Å²) in [7, 11) is 0.869. The summed E-state index contributed by atoms with van der Waals surface area (Å²) in [6, 6.07) is 1.18. The minimum atomic E-state index is -6.05. The summed E-state index contributed by atoms with van der Waals surface area (Å²) in [4.78, 5) is 11.3. The van der Waals surface area contributed by atoms with Crippen molar-refractivity contribution in [3.63, 3.8) is 0 Å². The number of alkyl halides is 6. The maximum atomic E-state index is 12.7. The number of rotatable bonds is 2. The van der Waals surface area contributed by atoms with Crippen molar-refractivity contribution in [2.45, 2.75) is 18.0 Å². The Labute approximate surface area is 114 Å². The molecule has 4 nitrogen and oxygen atoms in total. The summed E-state index contributed by atoms with van der Waals surface area (Å²) in [5, 5.41) is 9.18. The Morgan fingerprint density at radius 1 is 1.14 bits per heavy atom. The largest absolute Gasteiger partial charge is 0.465 e. The molecule has 0 aliphatic heterocycles. The van der Waals surface area contributed by atoms with Gasteiger partial charge in [-0.1, -0.05) is 6.07 Å².